The molecule has 2 N–H and O–H groups in total. The highest BCUT2D eigenvalue weighted by molar-refractivity contribution is 6.09. The molecule has 3 heterocycles. The molecule has 0 bridgehead atoms. The summed E-state index contributed by atoms with van der Waals surface area (Å²) in [5.41, 5.74) is 3.79. The second-order valence-corrected chi connectivity index (χ2v) is 6.53. The first-order valence-electron chi connectivity index (χ1n) is 8.55. The van der Waals surface area contributed by atoms with Crippen LogP contribution in [0.2, 0.25) is 0 Å². The number of hydrogen-bond acceptors (Lipinski definition) is 4. The average Bonchev–Trinajstić information content (AvgIpc) is 3.20. The van der Waals surface area contributed by atoms with Gasteiger partial charge in [0.2, 0.25) is 11.7 Å². The van der Waals surface area contributed by atoms with Gasteiger partial charge in [-0.05, 0) is 41.8 Å². The number of ketones is 1. The van der Waals surface area contributed by atoms with E-state index in [0.717, 1.165) is 22.3 Å². The van der Waals surface area contributed by atoms with Gasteiger partial charge in [0.15, 0.2) is 5.76 Å². The van der Waals surface area contributed by atoms with Crippen molar-refractivity contribution in [2.75, 3.05) is 5.32 Å². The number of carbonyl (C=O) groups is 1. The molecule has 26 heavy (non-hydrogen) atoms. The Hall–Kier alpha value is -3.34. The van der Waals surface area contributed by atoms with Crippen molar-refractivity contribution >= 4 is 28.6 Å². The standard InChI is InChI=1S/C21H19N3O2/c1-13(2)14-5-7-16(8-6-14)24-20-11-18(25)19(26-20)10-15-12-23-21-17(15)4-3-9-22-21/h3-13,24H,1-2H3,(H,22,23). The van der Waals surface area contributed by atoms with Gasteiger partial charge in [-0.1, -0.05) is 26.0 Å². The van der Waals surface area contributed by atoms with Crippen molar-refractivity contribution in [3.8, 4) is 0 Å². The SMILES string of the molecule is CC(C)c1ccc(NC2=CC(=O)C(=Cc3c[nH]c4ncccc34)O2)cc1. The number of allylic oxidation sites excluding steroid dienone is 1. The van der Waals surface area contributed by atoms with Crippen LogP contribution in [0.4, 0.5) is 5.69 Å². The number of fused-ring (bicyclic) bond motifs is 1. The molecule has 4 rings (SSSR count). The minimum Gasteiger partial charge on any atom is -0.437 e. The molecule has 0 atom stereocenters. The van der Waals surface area contributed by atoms with E-state index in [0.29, 0.717) is 11.8 Å². The predicted octanol–water partition coefficient (Wildman–Crippen LogP) is 4.58. The molecule has 1 aliphatic heterocycles. The summed E-state index contributed by atoms with van der Waals surface area (Å²) in [5.74, 6) is 1.03. The Labute approximate surface area is 151 Å². The summed E-state index contributed by atoms with van der Waals surface area (Å²) in [6.45, 7) is 4.31. The van der Waals surface area contributed by atoms with Crippen molar-refractivity contribution in [3.63, 3.8) is 0 Å². The molecule has 0 fully saturated rings. The maximum absolute atomic E-state index is 12.2. The zero-order valence-corrected chi connectivity index (χ0v) is 14.6. The molecule has 130 valence electrons. The number of hydrogen-bond donors (Lipinski definition) is 2. The van der Waals surface area contributed by atoms with E-state index in [1.54, 1.807) is 12.3 Å². The molecule has 0 amide bonds. The molecule has 0 saturated heterocycles. The summed E-state index contributed by atoms with van der Waals surface area (Å²) in [6.07, 6.45) is 6.74. The normalized spacial score (nSPS) is 15.6. The number of benzene rings is 1. The van der Waals surface area contributed by atoms with Crippen molar-refractivity contribution in [1.29, 1.82) is 0 Å². The topological polar surface area (TPSA) is 67.0 Å². The van der Waals surface area contributed by atoms with E-state index >= 15 is 0 Å². The summed E-state index contributed by atoms with van der Waals surface area (Å²) in [7, 11) is 0. The quantitative estimate of drug-likeness (QED) is 0.679. The number of aromatic nitrogens is 2. The van der Waals surface area contributed by atoms with E-state index in [1.165, 1.54) is 11.6 Å². The van der Waals surface area contributed by atoms with Gasteiger partial charge >= 0.3 is 0 Å². The Bertz CT molecular complexity index is 1030. The van der Waals surface area contributed by atoms with E-state index in [1.807, 2.05) is 30.5 Å². The fourth-order valence-corrected chi connectivity index (χ4v) is 2.88. The molecule has 0 saturated carbocycles. The molecular weight excluding hydrogens is 326 g/mol. The van der Waals surface area contributed by atoms with Crippen LogP contribution in [-0.2, 0) is 9.53 Å². The van der Waals surface area contributed by atoms with Crippen LogP contribution in [-0.4, -0.2) is 15.8 Å². The van der Waals surface area contributed by atoms with Gasteiger partial charge in [-0.3, -0.25) is 4.79 Å². The van der Waals surface area contributed by atoms with Gasteiger partial charge in [-0.25, -0.2) is 4.98 Å². The number of carbonyl (C=O) groups excluding carboxylic acids is 1. The summed E-state index contributed by atoms with van der Waals surface area (Å²) in [6, 6.07) is 11.9. The maximum Gasteiger partial charge on any atom is 0.226 e. The van der Waals surface area contributed by atoms with Gasteiger partial charge < -0.3 is 15.0 Å². The lowest BCUT2D eigenvalue weighted by molar-refractivity contribution is -0.112. The van der Waals surface area contributed by atoms with Crippen molar-refractivity contribution < 1.29 is 9.53 Å². The van der Waals surface area contributed by atoms with Gasteiger partial charge in [-0.15, -0.1) is 0 Å². The van der Waals surface area contributed by atoms with Crippen LogP contribution in [0.1, 0.15) is 30.9 Å². The van der Waals surface area contributed by atoms with E-state index in [-0.39, 0.29) is 11.5 Å². The zero-order chi connectivity index (χ0) is 18.1. The van der Waals surface area contributed by atoms with Crippen LogP contribution < -0.4 is 5.32 Å². The van der Waals surface area contributed by atoms with Crippen LogP contribution in [0.3, 0.4) is 0 Å². The third-order valence-corrected chi connectivity index (χ3v) is 4.34. The average molecular weight is 345 g/mol. The maximum atomic E-state index is 12.2. The van der Waals surface area contributed by atoms with E-state index < -0.39 is 0 Å². The number of rotatable bonds is 4. The van der Waals surface area contributed by atoms with Gasteiger partial charge in [-0.2, -0.15) is 0 Å². The first-order chi connectivity index (χ1) is 12.6. The van der Waals surface area contributed by atoms with Crippen molar-refractivity contribution in [2.45, 2.75) is 19.8 Å². The van der Waals surface area contributed by atoms with Crippen LogP contribution in [0, 0.1) is 0 Å². The van der Waals surface area contributed by atoms with Gasteiger partial charge in [0.05, 0.1) is 6.08 Å². The van der Waals surface area contributed by atoms with Gasteiger partial charge in [0, 0.05) is 29.0 Å². The third-order valence-electron chi connectivity index (χ3n) is 4.34. The van der Waals surface area contributed by atoms with E-state index in [2.05, 4.69) is 41.3 Å². The fourth-order valence-electron chi connectivity index (χ4n) is 2.88. The summed E-state index contributed by atoms with van der Waals surface area (Å²) in [5, 5.41) is 4.09. The van der Waals surface area contributed by atoms with Gasteiger partial charge in [0.1, 0.15) is 5.65 Å². The molecule has 5 heteroatoms. The number of H-pyrrole nitrogens is 1. The highest BCUT2D eigenvalue weighted by atomic mass is 16.5. The highest BCUT2D eigenvalue weighted by Crippen LogP contribution is 2.25. The molecule has 0 radical (unpaired) electrons. The van der Waals surface area contributed by atoms with Gasteiger partial charge in [0.25, 0.3) is 0 Å². The lowest BCUT2D eigenvalue weighted by Crippen LogP contribution is -1.99. The first kappa shape index (κ1) is 16.1. The molecule has 0 aliphatic carbocycles. The highest BCUT2D eigenvalue weighted by Gasteiger charge is 2.21. The second-order valence-electron chi connectivity index (χ2n) is 6.53. The number of nitrogens with one attached hydrogen (secondary N) is 2. The zero-order valence-electron chi connectivity index (χ0n) is 14.6. The number of ether oxygens (including phenoxy) is 1. The third kappa shape index (κ3) is 3.11. The minimum atomic E-state index is -0.162. The lowest BCUT2D eigenvalue weighted by Gasteiger charge is -2.10. The fraction of sp³-hybridized carbons (Fsp3) is 0.143. The molecular formula is C21H19N3O2. The van der Waals surface area contributed by atoms with Crippen LogP contribution in [0.15, 0.2) is 66.5 Å². The first-order valence-corrected chi connectivity index (χ1v) is 8.55. The Balaban J connectivity index is 1.51. The monoisotopic (exact) mass is 345 g/mol. The summed E-state index contributed by atoms with van der Waals surface area (Å²) < 4.78 is 5.70. The smallest absolute Gasteiger partial charge is 0.226 e. The number of aromatic amines is 1. The Morgan fingerprint density at radius 3 is 2.77 bits per heavy atom. The van der Waals surface area contributed by atoms with E-state index in [9.17, 15) is 4.79 Å². The predicted molar refractivity (Wildman–Crippen MR) is 102 cm³/mol. The largest absolute Gasteiger partial charge is 0.437 e. The van der Waals surface area contributed by atoms with Crippen LogP contribution in [0.5, 0.6) is 0 Å². The van der Waals surface area contributed by atoms with E-state index in [4.69, 9.17) is 4.74 Å². The number of pyridine rings is 1. The minimum absolute atomic E-state index is 0.162. The molecule has 1 aliphatic rings. The van der Waals surface area contributed by atoms with Crippen molar-refractivity contribution in [2.24, 2.45) is 0 Å². The molecule has 1 aromatic carbocycles. The molecule has 5 nitrogen and oxygen atoms in total. The Kier molecular flexibility index (Phi) is 4.05. The Morgan fingerprint density at radius 1 is 1.19 bits per heavy atom. The number of anilines is 1. The summed E-state index contributed by atoms with van der Waals surface area (Å²) >= 11 is 0. The Morgan fingerprint density at radius 2 is 2.00 bits per heavy atom. The molecule has 2 aromatic heterocycles. The molecule has 0 spiro atoms. The van der Waals surface area contributed by atoms with Crippen LogP contribution in [0.25, 0.3) is 17.1 Å². The van der Waals surface area contributed by atoms with Crippen LogP contribution >= 0.6 is 0 Å². The second kappa shape index (κ2) is 6.52. The number of nitrogens with zero attached hydrogens (tertiary/aromatic N) is 1. The van der Waals surface area contributed by atoms with Crippen molar-refractivity contribution in [3.05, 3.63) is 77.6 Å². The lowest BCUT2D eigenvalue weighted by atomic mass is 10.0. The molecule has 0 unspecified atom stereocenters. The van der Waals surface area contributed by atoms with Crippen molar-refractivity contribution in [1.82, 2.24) is 9.97 Å². The summed E-state index contributed by atoms with van der Waals surface area (Å²) in [4.78, 5) is 19.6. The molecule has 3 aromatic rings.